The van der Waals surface area contributed by atoms with Crippen LogP contribution >= 0.6 is 12.2 Å². The molecule has 0 saturated heterocycles. The number of H-pyrrole nitrogens is 1. The van der Waals surface area contributed by atoms with Crippen LogP contribution in [0.1, 0.15) is 5.56 Å². The van der Waals surface area contributed by atoms with E-state index in [-0.39, 0.29) is 0 Å². The predicted octanol–water partition coefficient (Wildman–Crippen LogP) is 3.50. The molecular weight excluding hydrogens is 296 g/mol. The highest BCUT2D eigenvalue weighted by molar-refractivity contribution is 7.71. The fourth-order valence-electron chi connectivity index (χ4n) is 2.02. The van der Waals surface area contributed by atoms with E-state index in [0.29, 0.717) is 10.6 Å². The number of nitrogens with one attached hydrogen (secondary N) is 1. The Hall–Kier alpha value is -2.73. The highest BCUT2D eigenvalue weighted by Crippen LogP contribution is 2.16. The van der Waals surface area contributed by atoms with Crippen LogP contribution in [0.4, 0.5) is 0 Å². The van der Waals surface area contributed by atoms with Crippen LogP contribution in [-0.4, -0.2) is 28.2 Å². The first kappa shape index (κ1) is 14.2. The van der Waals surface area contributed by atoms with Crippen LogP contribution in [0.25, 0.3) is 11.4 Å². The molecule has 1 heterocycles. The van der Waals surface area contributed by atoms with Crippen LogP contribution in [0, 0.1) is 4.77 Å². The molecule has 0 spiro atoms. The summed E-state index contributed by atoms with van der Waals surface area (Å²) in [6.45, 7) is 0. The van der Waals surface area contributed by atoms with Crippen molar-refractivity contribution in [3.63, 3.8) is 0 Å². The molecule has 1 N–H and O–H groups in total. The Bertz CT molecular complexity index is 852. The van der Waals surface area contributed by atoms with Gasteiger partial charge in [-0.1, -0.05) is 42.5 Å². The second-order valence-electron chi connectivity index (χ2n) is 4.55. The molecule has 0 radical (unpaired) electrons. The summed E-state index contributed by atoms with van der Waals surface area (Å²) in [6, 6.07) is 17.4. The van der Waals surface area contributed by atoms with Gasteiger partial charge in [-0.25, -0.2) is 5.10 Å². The second-order valence-corrected chi connectivity index (χ2v) is 4.94. The van der Waals surface area contributed by atoms with Crippen molar-refractivity contribution in [2.75, 3.05) is 7.11 Å². The number of benzene rings is 2. The Balaban J connectivity index is 1.97. The lowest BCUT2D eigenvalue weighted by molar-refractivity contribution is 0.415. The highest BCUT2D eigenvalue weighted by atomic mass is 32.1. The normalized spacial score (nSPS) is 11.0. The van der Waals surface area contributed by atoms with Crippen LogP contribution in [-0.2, 0) is 0 Å². The van der Waals surface area contributed by atoms with Crippen molar-refractivity contribution in [2.45, 2.75) is 0 Å². The number of rotatable bonds is 4. The van der Waals surface area contributed by atoms with E-state index >= 15 is 0 Å². The van der Waals surface area contributed by atoms with Crippen molar-refractivity contribution < 1.29 is 4.74 Å². The minimum atomic E-state index is 0.443. The van der Waals surface area contributed by atoms with Crippen LogP contribution in [0.15, 0.2) is 59.7 Å². The summed E-state index contributed by atoms with van der Waals surface area (Å²) in [4.78, 5) is 0. The maximum absolute atomic E-state index is 5.24. The van der Waals surface area contributed by atoms with E-state index in [2.05, 4.69) is 15.3 Å². The zero-order chi connectivity index (χ0) is 15.4. The van der Waals surface area contributed by atoms with Crippen molar-refractivity contribution in [3.05, 3.63) is 64.9 Å². The standard InChI is InChI=1S/C16H14N4OS/c1-21-14-9-5-6-12(10-14)11-17-20-15(18-19-16(20)22)13-7-3-2-4-8-13/h2-11H,1H3,(H,19,22)/b17-11-. The van der Waals surface area contributed by atoms with Crippen molar-refractivity contribution in [2.24, 2.45) is 5.10 Å². The second kappa shape index (κ2) is 6.36. The van der Waals surface area contributed by atoms with Gasteiger partial charge in [-0.3, -0.25) is 0 Å². The smallest absolute Gasteiger partial charge is 0.216 e. The van der Waals surface area contributed by atoms with Crippen molar-refractivity contribution in [1.29, 1.82) is 0 Å². The van der Waals surface area contributed by atoms with Gasteiger partial charge >= 0.3 is 0 Å². The summed E-state index contributed by atoms with van der Waals surface area (Å²) in [5.74, 6) is 1.45. The van der Waals surface area contributed by atoms with Crippen molar-refractivity contribution in [3.8, 4) is 17.1 Å². The first-order valence-corrected chi connectivity index (χ1v) is 7.10. The van der Waals surface area contributed by atoms with E-state index in [1.165, 1.54) is 0 Å². The molecule has 0 unspecified atom stereocenters. The largest absolute Gasteiger partial charge is 0.497 e. The maximum atomic E-state index is 5.24. The zero-order valence-electron chi connectivity index (χ0n) is 11.9. The molecule has 0 fully saturated rings. The number of aromatic amines is 1. The molecule has 0 aliphatic heterocycles. The number of hydrogen-bond donors (Lipinski definition) is 1. The Morgan fingerprint density at radius 3 is 2.77 bits per heavy atom. The average molecular weight is 310 g/mol. The van der Waals surface area contributed by atoms with Gasteiger partial charge in [0.25, 0.3) is 0 Å². The molecule has 0 bridgehead atoms. The summed E-state index contributed by atoms with van der Waals surface area (Å²) >= 11 is 5.24. The molecule has 110 valence electrons. The summed E-state index contributed by atoms with van der Waals surface area (Å²) in [5.41, 5.74) is 1.86. The molecule has 0 amide bonds. The zero-order valence-corrected chi connectivity index (χ0v) is 12.7. The molecule has 1 aromatic heterocycles. The molecule has 0 saturated carbocycles. The molecular formula is C16H14N4OS. The van der Waals surface area contributed by atoms with Gasteiger partial charge in [0.1, 0.15) is 5.75 Å². The quantitative estimate of drug-likeness (QED) is 0.593. The van der Waals surface area contributed by atoms with Crippen LogP contribution in [0.3, 0.4) is 0 Å². The van der Waals surface area contributed by atoms with Gasteiger partial charge < -0.3 is 4.74 Å². The molecule has 6 heteroatoms. The SMILES string of the molecule is COc1cccc(/C=N\n2c(-c3ccccc3)n[nH]c2=S)c1. The topological polar surface area (TPSA) is 55.2 Å². The average Bonchev–Trinajstić information content (AvgIpc) is 2.95. The number of hydrogen-bond acceptors (Lipinski definition) is 4. The van der Waals surface area contributed by atoms with Crippen LogP contribution < -0.4 is 4.74 Å². The van der Waals surface area contributed by atoms with Gasteiger partial charge in [0.2, 0.25) is 4.77 Å². The number of nitrogens with zero attached hydrogens (tertiary/aromatic N) is 3. The Labute approximate surface area is 132 Å². The third-order valence-corrected chi connectivity index (χ3v) is 3.36. The Morgan fingerprint density at radius 1 is 1.18 bits per heavy atom. The fourth-order valence-corrected chi connectivity index (χ4v) is 2.20. The molecule has 2 aromatic carbocycles. The molecule has 5 nitrogen and oxygen atoms in total. The van der Waals surface area contributed by atoms with E-state index in [0.717, 1.165) is 16.9 Å². The highest BCUT2D eigenvalue weighted by Gasteiger charge is 2.07. The maximum Gasteiger partial charge on any atom is 0.216 e. The van der Waals surface area contributed by atoms with E-state index in [1.807, 2.05) is 54.6 Å². The number of methoxy groups -OCH3 is 1. The molecule has 3 rings (SSSR count). The number of aromatic nitrogens is 3. The third-order valence-electron chi connectivity index (χ3n) is 3.10. The van der Waals surface area contributed by atoms with Crippen molar-refractivity contribution >= 4 is 18.4 Å². The van der Waals surface area contributed by atoms with Crippen LogP contribution in [0.2, 0.25) is 0 Å². The van der Waals surface area contributed by atoms with Gasteiger partial charge in [0.05, 0.1) is 13.3 Å². The van der Waals surface area contributed by atoms with E-state index in [1.54, 1.807) is 18.0 Å². The lowest BCUT2D eigenvalue weighted by Crippen LogP contribution is -1.95. The van der Waals surface area contributed by atoms with E-state index in [9.17, 15) is 0 Å². The predicted molar refractivity (Wildman–Crippen MR) is 88.8 cm³/mol. The molecule has 0 aliphatic carbocycles. The van der Waals surface area contributed by atoms with Crippen LogP contribution in [0.5, 0.6) is 5.75 Å². The number of ether oxygens (including phenoxy) is 1. The molecule has 0 aliphatic rings. The minimum Gasteiger partial charge on any atom is -0.497 e. The van der Waals surface area contributed by atoms with Gasteiger partial charge in [0.15, 0.2) is 5.82 Å². The summed E-state index contributed by atoms with van der Waals surface area (Å²) < 4.78 is 7.25. The summed E-state index contributed by atoms with van der Waals surface area (Å²) in [7, 11) is 1.63. The fraction of sp³-hybridized carbons (Fsp3) is 0.0625. The molecule has 3 aromatic rings. The minimum absolute atomic E-state index is 0.443. The molecule has 0 atom stereocenters. The Kier molecular flexibility index (Phi) is 4.11. The van der Waals surface area contributed by atoms with E-state index < -0.39 is 0 Å². The monoisotopic (exact) mass is 310 g/mol. The molecule has 22 heavy (non-hydrogen) atoms. The van der Waals surface area contributed by atoms with Gasteiger partial charge in [-0.05, 0) is 29.9 Å². The van der Waals surface area contributed by atoms with Crippen molar-refractivity contribution in [1.82, 2.24) is 14.9 Å². The lowest BCUT2D eigenvalue weighted by Gasteiger charge is -2.02. The van der Waals surface area contributed by atoms with Gasteiger partial charge in [0, 0.05) is 5.56 Å². The van der Waals surface area contributed by atoms with Gasteiger partial charge in [-0.2, -0.15) is 14.9 Å². The summed E-state index contributed by atoms with van der Waals surface area (Å²) in [6.07, 6.45) is 1.72. The van der Waals surface area contributed by atoms with E-state index in [4.69, 9.17) is 17.0 Å². The Morgan fingerprint density at radius 2 is 2.00 bits per heavy atom. The third kappa shape index (κ3) is 2.96. The lowest BCUT2D eigenvalue weighted by atomic mass is 10.2. The van der Waals surface area contributed by atoms with Gasteiger partial charge in [-0.15, -0.1) is 0 Å². The summed E-state index contributed by atoms with van der Waals surface area (Å²) in [5, 5.41) is 11.4. The first-order chi connectivity index (χ1) is 10.8. The first-order valence-electron chi connectivity index (χ1n) is 6.69.